The number of aromatic nitrogens is 1. The first kappa shape index (κ1) is 11.8. The van der Waals surface area contributed by atoms with E-state index in [1.54, 1.807) is 6.07 Å². The minimum absolute atomic E-state index is 0.0579. The molecule has 0 saturated heterocycles. The molecule has 2 rings (SSSR count). The smallest absolute Gasteiger partial charge is 0.351 e. The first-order valence-corrected chi connectivity index (χ1v) is 5.05. The maximum Gasteiger partial charge on any atom is 0.431 e. The molecule has 2 nitrogen and oxygen atoms in total. The largest absolute Gasteiger partial charge is 0.431 e. The highest BCUT2D eigenvalue weighted by molar-refractivity contribution is 6.31. The van der Waals surface area contributed by atoms with Gasteiger partial charge in [0.2, 0.25) is 0 Å². The van der Waals surface area contributed by atoms with Crippen molar-refractivity contribution >= 4 is 22.5 Å². The average Bonchev–Trinajstić information content (AvgIpc) is 2.57. The van der Waals surface area contributed by atoms with Gasteiger partial charge < -0.3 is 4.98 Å². The van der Waals surface area contributed by atoms with Crippen LogP contribution >= 0.6 is 11.6 Å². The summed E-state index contributed by atoms with van der Waals surface area (Å²) in [7, 11) is 0. The number of rotatable bonds is 1. The molecule has 88 valence electrons. The van der Waals surface area contributed by atoms with Crippen LogP contribution in [0, 0.1) is 11.3 Å². The van der Waals surface area contributed by atoms with Crippen LogP contribution in [0.5, 0.6) is 0 Å². The van der Waals surface area contributed by atoms with Crippen LogP contribution in [0.4, 0.5) is 13.2 Å². The van der Waals surface area contributed by atoms with E-state index in [2.05, 4.69) is 4.98 Å². The highest BCUT2D eigenvalue weighted by Crippen LogP contribution is 2.36. The van der Waals surface area contributed by atoms with Gasteiger partial charge in [-0.3, -0.25) is 0 Å². The minimum Gasteiger partial charge on any atom is -0.351 e. The number of alkyl halides is 3. The normalized spacial score (nSPS) is 11.7. The van der Waals surface area contributed by atoms with E-state index in [9.17, 15) is 13.2 Å². The Balaban J connectivity index is 2.77. The SMILES string of the molecule is N#CCc1c(C(F)(F)F)[nH]c2ccc(Cl)cc12. The van der Waals surface area contributed by atoms with E-state index in [1.165, 1.54) is 18.2 Å². The Morgan fingerprint density at radius 1 is 1.35 bits per heavy atom. The second-order valence-electron chi connectivity index (χ2n) is 3.50. The molecule has 2 aromatic rings. The van der Waals surface area contributed by atoms with Crippen molar-refractivity contribution in [3.8, 4) is 6.07 Å². The number of halogens is 4. The highest BCUT2D eigenvalue weighted by Gasteiger charge is 2.36. The number of hydrogen-bond acceptors (Lipinski definition) is 1. The zero-order chi connectivity index (χ0) is 12.6. The van der Waals surface area contributed by atoms with Crippen molar-refractivity contribution in [2.45, 2.75) is 12.6 Å². The molecule has 0 unspecified atom stereocenters. The van der Waals surface area contributed by atoms with Crippen LogP contribution in [-0.4, -0.2) is 4.98 Å². The van der Waals surface area contributed by atoms with Crippen LogP contribution in [-0.2, 0) is 12.6 Å². The quantitative estimate of drug-likeness (QED) is 0.828. The van der Waals surface area contributed by atoms with Gasteiger partial charge in [0.1, 0.15) is 5.69 Å². The van der Waals surface area contributed by atoms with Crippen LogP contribution in [0.3, 0.4) is 0 Å². The van der Waals surface area contributed by atoms with Crippen LogP contribution < -0.4 is 0 Å². The first-order valence-electron chi connectivity index (χ1n) is 4.67. The van der Waals surface area contributed by atoms with Gasteiger partial charge in [-0.2, -0.15) is 18.4 Å². The van der Waals surface area contributed by atoms with Gasteiger partial charge in [0.15, 0.2) is 0 Å². The van der Waals surface area contributed by atoms with E-state index >= 15 is 0 Å². The second-order valence-corrected chi connectivity index (χ2v) is 3.94. The zero-order valence-corrected chi connectivity index (χ0v) is 9.15. The number of nitrogens with one attached hydrogen (secondary N) is 1. The van der Waals surface area contributed by atoms with Gasteiger partial charge in [0, 0.05) is 21.5 Å². The summed E-state index contributed by atoms with van der Waals surface area (Å²) in [5.41, 5.74) is -0.610. The summed E-state index contributed by atoms with van der Waals surface area (Å²) < 4.78 is 38.2. The van der Waals surface area contributed by atoms with Gasteiger partial charge in [0.05, 0.1) is 12.5 Å². The lowest BCUT2D eigenvalue weighted by Crippen LogP contribution is -2.08. The number of hydrogen-bond donors (Lipinski definition) is 1. The summed E-state index contributed by atoms with van der Waals surface area (Å²) in [4.78, 5) is 2.28. The maximum absolute atomic E-state index is 12.7. The lowest BCUT2D eigenvalue weighted by atomic mass is 10.1. The molecular formula is C11H6ClF3N2. The number of nitriles is 1. The third-order valence-corrected chi connectivity index (χ3v) is 2.64. The lowest BCUT2D eigenvalue weighted by Gasteiger charge is -2.05. The van der Waals surface area contributed by atoms with E-state index in [1.807, 2.05) is 0 Å². The minimum atomic E-state index is -4.50. The van der Waals surface area contributed by atoms with Gasteiger partial charge in [-0.05, 0) is 18.2 Å². The molecule has 0 aliphatic heterocycles. The summed E-state index contributed by atoms with van der Waals surface area (Å²) in [6.07, 6.45) is -4.81. The predicted molar refractivity (Wildman–Crippen MR) is 57.6 cm³/mol. The molecule has 0 atom stereocenters. The molecule has 1 aromatic heterocycles. The standard InChI is InChI=1S/C11H6ClF3N2/c12-6-1-2-9-8(5-6)7(3-4-16)10(17-9)11(13,14)15/h1-2,5,17H,3H2. The molecule has 0 aliphatic carbocycles. The molecule has 0 radical (unpaired) electrons. The Morgan fingerprint density at radius 2 is 2.06 bits per heavy atom. The van der Waals surface area contributed by atoms with Crippen molar-refractivity contribution < 1.29 is 13.2 Å². The van der Waals surface area contributed by atoms with Crippen molar-refractivity contribution in [3.05, 3.63) is 34.5 Å². The number of fused-ring (bicyclic) bond motifs is 1. The van der Waals surface area contributed by atoms with Gasteiger partial charge >= 0.3 is 6.18 Å². The van der Waals surface area contributed by atoms with Crippen molar-refractivity contribution in [1.82, 2.24) is 4.98 Å². The van der Waals surface area contributed by atoms with E-state index in [4.69, 9.17) is 16.9 Å². The Labute approximate surface area is 99.6 Å². The Hall–Kier alpha value is -1.67. The van der Waals surface area contributed by atoms with E-state index in [0.717, 1.165) is 0 Å². The van der Waals surface area contributed by atoms with Crippen LogP contribution in [0.2, 0.25) is 5.02 Å². The van der Waals surface area contributed by atoms with E-state index in [-0.39, 0.29) is 12.0 Å². The summed E-state index contributed by atoms with van der Waals surface area (Å²) >= 11 is 5.74. The van der Waals surface area contributed by atoms with Crippen LogP contribution in [0.1, 0.15) is 11.3 Å². The molecule has 6 heteroatoms. The molecular weight excluding hydrogens is 253 g/mol. The Kier molecular flexibility index (Phi) is 2.76. The van der Waals surface area contributed by atoms with E-state index in [0.29, 0.717) is 15.9 Å². The van der Waals surface area contributed by atoms with Crippen LogP contribution in [0.15, 0.2) is 18.2 Å². The van der Waals surface area contributed by atoms with Crippen molar-refractivity contribution in [1.29, 1.82) is 5.26 Å². The molecule has 1 heterocycles. The molecule has 17 heavy (non-hydrogen) atoms. The third-order valence-electron chi connectivity index (χ3n) is 2.41. The number of nitrogens with zero attached hydrogens (tertiary/aromatic N) is 1. The third kappa shape index (κ3) is 2.08. The Bertz CT molecular complexity index is 607. The lowest BCUT2D eigenvalue weighted by molar-refractivity contribution is -0.141. The van der Waals surface area contributed by atoms with Gasteiger partial charge in [-0.1, -0.05) is 11.6 Å². The molecule has 0 bridgehead atoms. The first-order chi connectivity index (χ1) is 7.93. The second kappa shape index (κ2) is 3.97. The molecule has 0 aliphatic rings. The average molecular weight is 259 g/mol. The highest BCUT2D eigenvalue weighted by atomic mass is 35.5. The molecule has 0 fully saturated rings. The van der Waals surface area contributed by atoms with Crippen molar-refractivity contribution in [2.24, 2.45) is 0 Å². The van der Waals surface area contributed by atoms with Crippen molar-refractivity contribution in [3.63, 3.8) is 0 Å². The monoisotopic (exact) mass is 258 g/mol. The topological polar surface area (TPSA) is 39.6 Å². The zero-order valence-electron chi connectivity index (χ0n) is 8.40. The van der Waals surface area contributed by atoms with Gasteiger partial charge in [0.25, 0.3) is 0 Å². The fraction of sp³-hybridized carbons (Fsp3) is 0.182. The summed E-state index contributed by atoms with van der Waals surface area (Å²) in [6, 6.07) is 6.12. The summed E-state index contributed by atoms with van der Waals surface area (Å²) in [6.45, 7) is 0. The molecule has 0 spiro atoms. The molecule has 0 amide bonds. The fourth-order valence-corrected chi connectivity index (χ4v) is 1.90. The molecule has 1 aromatic carbocycles. The molecule has 0 saturated carbocycles. The number of H-pyrrole nitrogens is 1. The number of aromatic amines is 1. The van der Waals surface area contributed by atoms with E-state index < -0.39 is 11.9 Å². The Morgan fingerprint density at radius 3 is 2.65 bits per heavy atom. The van der Waals surface area contributed by atoms with Gasteiger partial charge in [-0.25, -0.2) is 0 Å². The molecule has 1 N–H and O–H groups in total. The predicted octanol–water partition coefficient (Wildman–Crippen LogP) is 3.91. The summed E-state index contributed by atoms with van der Waals surface area (Å²) in [5, 5.41) is 9.27. The van der Waals surface area contributed by atoms with Crippen molar-refractivity contribution in [2.75, 3.05) is 0 Å². The fourth-order valence-electron chi connectivity index (χ4n) is 1.72. The maximum atomic E-state index is 12.7. The van der Waals surface area contributed by atoms with Gasteiger partial charge in [-0.15, -0.1) is 0 Å². The number of benzene rings is 1. The van der Waals surface area contributed by atoms with Crippen LogP contribution in [0.25, 0.3) is 10.9 Å². The summed E-state index contributed by atoms with van der Waals surface area (Å²) in [5.74, 6) is 0.